The highest BCUT2D eigenvalue weighted by molar-refractivity contribution is 7.92. The van der Waals surface area contributed by atoms with E-state index in [1.165, 1.54) is 38.3 Å². The van der Waals surface area contributed by atoms with Crippen molar-refractivity contribution >= 4 is 44.6 Å². The molecule has 0 saturated heterocycles. The molecule has 3 aromatic carbocycles. The minimum absolute atomic E-state index is 0.182. The normalized spacial score (nSPS) is 11.1. The molecule has 9 nitrogen and oxygen atoms in total. The van der Waals surface area contributed by atoms with E-state index in [4.69, 9.17) is 16.3 Å². The van der Waals surface area contributed by atoms with Gasteiger partial charge in [0.2, 0.25) is 5.91 Å². The maximum Gasteiger partial charge on any atom is 0.273 e. The number of hydrogen-bond donors (Lipinski definition) is 1. The SMILES string of the molecule is COc1ccc(N(CC(=O)Nc2ccc(C)c(Cl)c2)S(=O)(=O)c2ccc(C)c([N+](=O)[O-])c2)cc1. The minimum Gasteiger partial charge on any atom is -0.497 e. The Morgan fingerprint density at radius 3 is 2.29 bits per heavy atom. The van der Waals surface area contributed by atoms with Crippen LogP contribution in [0.15, 0.2) is 65.6 Å². The van der Waals surface area contributed by atoms with Crippen molar-refractivity contribution in [1.82, 2.24) is 0 Å². The van der Waals surface area contributed by atoms with E-state index in [1.807, 2.05) is 6.92 Å². The Morgan fingerprint density at radius 2 is 1.71 bits per heavy atom. The summed E-state index contributed by atoms with van der Waals surface area (Å²) in [4.78, 5) is 23.2. The van der Waals surface area contributed by atoms with Crippen LogP contribution in [0.2, 0.25) is 5.02 Å². The summed E-state index contributed by atoms with van der Waals surface area (Å²) in [6, 6.07) is 14.6. The summed E-state index contributed by atoms with van der Waals surface area (Å²) < 4.78 is 33.1. The van der Waals surface area contributed by atoms with Gasteiger partial charge in [-0.1, -0.05) is 23.7 Å². The molecule has 1 N–H and O–H groups in total. The van der Waals surface area contributed by atoms with Crippen molar-refractivity contribution in [1.29, 1.82) is 0 Å². The molecule has 0 aromatic heterocycles. The molecule has 0 unspecified atom stereocenters. The van der Waals surface area contributed by atoms with Crippen molar-refractivity contribution in [3.05, 3.63) is 86.9 Å². The number of methoxy groups -OCH3 is 1. The van der Waals surface area contributed by atoms with Crippen LogP contribution in [0.1, 0.15) is 11.1 Å². The number of anilines is 2. The van der Waals surface area contributed by atoms with Gasteiger partial charge >= 0.3 is 0 Å². The molecule has 0 spiro atoms. The largest absolute Gasteiger partial charge is 0.497 e. The summed E-state index contributed by atoms with van der Waals surface area (Å²) >= 11 is 6.11. The molecule has 0 aliphatic rings. The zero-order chi connectivity index (χ0) is 25.0. The maximum atomic E-state index is 13.5. The summed E-state index contributed by atoms with van der Waals surface area (Å²) in [5.41, 5.74) is 1.38. The number of hydrogen-bond acceptors (Lipinski definition) is 6. The second-order valence-corrected chi connectivity index (χ2v) is 9.70. The highest BCUT2D eigenvalue weighted by atomic mass is 35.5. The molecule has 11 heteroatoms. The van der Waals surface area contributed by atoms with E-state index in [0.717, 1.165) is 15.9 Å². The van der Waals surface area contributed by atoms with Crippen LogP contribution >= 0.6 is 11.6 Å². The summed E-state index contributed by atoms with van der Waals surface area (Å²) in [5.74, 6) is -0.133. The lowest BCUT2D eigenvalue weighted by Crippen LogP contribution is -2.38. The Balaban J connectivity index is 2.00. The third-order valence-corrected chi connectivity index (χ3v) is 7.25. The molecule has 0 saturated carbocycles. The van der Waals surface area contributed by atoms with Crippen LogP contribution < -0.4 is 14.4 Å². The van der Waals surface area contributed by atoms with Gasteiger partial charge in [0.1, 0.15) is 12.3 Å². The number of nitrogens with one attached hydrogen (secondary N) is 1. The van der Waals surface area contributed by atoms with Gasteiger partial charge < -0.3 is 10.1 Å². The number of nitrogens with zero attached hydrogens (tertiary/aromatic N) is 2. The van der Waals surface area contributed by atoms with Gasteiger partial charge in [-0.3, -0.25) is 19.2 Å². The van der Waals surface area contributed by atoms with Crippen molar-refractivity contribution in [2.45, 2.75) is 18.7 Å². The number of rotatable bonds is 8. The van der Waals surface area contributed by atoms with Crippen molar-refractivity contribution < 1.29 is 22.9 Å². The first-order valence-electron chi connectivity index (χ1n) is 10.0. The fraction of sp³-hybridized carbons (Fsp3) is 0.174. The van der Waals surface area contributed by atoms with E-state index in [0.29, 0.717) is 22.0 Å². The maximum absolute atomic E-state index is 13.5. The molecular formula is C23H22ClN3O6S. The summed E-state index contributed by atoms with van der Waals surface area (Å²) in [6.07, 6.45) is 0. The van der Waals surface area contributed by atoms with Gasteiger partial charge in [-0.2, -0.15) is 0 Å². The first-order chi connectivity index (χ1) is 16.0. The third kappa shape index (κ3) is 5.46. The number of aryl methyl sites for hydroxylation is 2. The van der Waals surface area contributed by atoms with Crippen molar-refractivity contribution in [2.75, 3.05) is 23.3 Å². The van der Waals surface area contributed by atoms with E-state index in [9.17, 15) is 23.3 Å². The van der Waals surface area contributed by atoms with Gasteiger partial charge in [-0.15, -0.1) is 0 Å². The highest BCUT2D eigenvalue weighted by Gasteiger charge is 2.29. The molecule has 34 heavy (non-hydrogen) atoms. The Kier molecular flexibility index (Phi) is 7.43. The molecule has 178 valence electrons. The highest BCUT2D eigenvalue weighted by Crippen LogP contribution is 2.29. The van der Waals surface area contributed by atoms with Crippen LogP contribution in [-0.2, 0) is 14.8 Å². The number of benzene rings is 3. The second kappa shape index (κ2) is 10.1. The Hall–Kier alpha value is -3.63. The third-order valence-electron chi connectivity index (χ3n) is 5.07. The van der Waals surface area contributed by atoms with Crippen molar-refractivity contribution in [3.63, 3.8) is 0 Å². The Labute approximate surface area is 202 Å². The number of nitro groups is 1. The quantitative estimate of drug-likeness (QED) is 0.351. The fourth-order valence-electron chi connectivity index (χ4n) is 3.14. The first-order valence-corrected chi connectivity index (χ1v) is 11.8. The fourth-order valence-corrected chi connectivity index (χ4v) is 4.76. The topological polar surface area (TPSA) is 119 Å². The number of carbonyl (C=O) groups is 1. The average molecular weight is 504 g/mol. The predicted molar refractivity (Wildman–Crippen MR) is 130 cm³/mol. The number of ether oxygens (including phenoxy) is 1. The van der Waals surface area contributed by atoms with Gasteiger partial charge in [-0.25, -0.2) is 8.42 Å². The second-order valence-electron chi connectivity index (χ2n) is 7.43. The zero-order valence-electron chi connectivity index (χ0n) is 18.6. The van der Waals surface area contributed by atoms with Crippen LogP contribution in [0, 0.1) is 24.0 Å². The van der Waals surface area contributed by atoms with Gasteiger partial charge in [-0.05, 0) is 61.9 Å². The van der Waals surface area contributed by atoms with E-state index < -0.39 is 27.4 Å². The molecule has 0 radical (unpaired) electrons. The summed E-state index contributed by atoms with van der Waals surface area (Å²) in [5, 5.41) is 14.4. The van der Waals surface area contributed by atoms with Crippen LogP contribution in [0.5, 0.6) is 5.75 Å². The minimum atomic E-state index is -4.35. The zero-order valence-corrected chi connectivity index (χ0v) is 20.2. The van der Waals surface area contributed by atoms with E-state index >= 15 is 0 Å². The van der Waals surface area contributed by atoms with E-state index in [-0.39, 0.29) is 16.3 Å². The standard InChI is InChI=1S/C23H22ClN3O6S/c1-15-4-6-17(12-21(15)24)25-23(28)14-26(18-7-9-19(33-3)10-8-18)34(31,32)20-11-5-16(2)22(13-20)27(29)30/h4-13H,14H2,1-3H3,(H,25,28). The predicted octanol–water partition coefficient (Wildman–Crippen LogP) is 4.71. The Bertz CT molecular complexity index is 1340. The summed E-state index contributed by atoms with van der Waals surface area (Å²) in [6.45, 7) is 2.74. The molecule has 0 fully saturated rings. The summed E-state index contributed by atoms with van der Waals surface area (Å²) in [7, 11) is -2.88. The average Bonchev–Trinajstić information content (AvgIpc) is 2.80. The molecule has 0 aliphatic carbocycles. The molecule has 0 heterocycles. The number of halogens is 1. The monoisotopic (exact) mass is 503 g/mol. The van der Waals surface area contributed by atoms with Crippen LogP contribution in [0.3, 0.4) is 0 Å². The number of amides is 1. The molecule has 3 aromatic rings. The van der Waals surface area contributed by atoms with Crippen molar-refractivity contribution in [2.24, 2.45) is 0 Å². The first kappa shape index (κ1) is 25.0. The molecule has 1 amide bonds. The van der Waals surface area contributed by atoms with Gasteiger partial charge in [0, 0.05) is 22.3 Å². The molecule has 0 aliphatic heterocycles. The Morgan fingerprint density at radius 1 is 1.06 bits per heavy atom. The van der Waals surface area contributed by atoms with E-state index in [1.54, 1.807) is 30.3 Å². The van der Waals surface area contributed by atoms with Crippen LogP contribution in [-0.4, -0.2) is 32.9 Å². The number of nitro benzene ring substituents is 1. The van der Waals surface area contributed by atoms with Gasteiger partial charge in [0.05, 0.1) is 22.6 Å². The number of carbonyl (C=O) groups excluding carboxylic acids is 1. The lowest BCUT2D eigenvalue weighted by Gasteiger charge is -2.24. The lowest BCUT2D eigenvalue weighted by molar-refractivity contribution is -0.385. The van der Waals surface area contributed by atoms with E-state index in [2.05, 4.69) is 5.32 Å². The molecule has 3 rings (SSSR count). The van der Waals surface area contributed by atoms with Crippen LogP contribution in [0.25, 0.3) is 0 Å². The van der Waals surface area contributed by atoms with Crippen LogP contribution in [0.4, 0.5) is 17.1 Å². The van der Waals surface area contributed by atoms with Gasteiger partial charge in [0.15, 0.2) is 0 Å². The van der Waals surface area contributed by atoms with Gasteiger partial charge in [0.25, 0.3) is 15.7 Å². The molecule has 0 bridgehead atoms. The lowest BCUT2D eigenvalue weighted by atomic mass is 10.2. The molecular weight excluding hydrogens is 482 g/mol. The van der Waals surface area contributed by atoms with Crippen molar-refractivity contribution in [3.8, 4) is 5.75 Å². The molecule has 0 atom stereocenters. The smallest absolute Gasteiger partial charge is 0.273 e. The number of sulfonamides is 1.